The minimum Gasteiger partial charge on any atom is -0.309 e. The lowest BCUT2D eigenvalue weighted by Gasteiger charge is -2.16. The van der Waals surface area contributed by atoms with Gasteiger partial charge in [0.25, 0.3) is 0 Å². The summed E-state index contributed by atoms with van der Waals surface area (Å²) in [5.41, 5.74) is 18.1. The predicted octanol–water partition coefficient (Wildman–Crippen LogP) is 17.9. The molecular weight excluding hydrogens is 925 g/mol. The van der Waals surface area contributed by atoms with E-state index in [4.69, 9.17) is 9.97 Å². The van der Waals surface area contributed by atoms with Crippen LogP contribution in [-0.4, -0.2) is 28.2 Å². The van der Waals surface area contributed by atoms with Gasteiger partial charge in [-0.3, -0.25) is 0 Å². The summed E-state index contributed by atoms with van der Waals surface area (Å²) < 4.78 is 9.88. The number of rotatable bonds is 7. The molecule has 5 heterocycles. The molecule has 0 unspecified atom stereocenters. The van der Waals surface area contributed by atoms with Gasteiger partial charge in [0.15, 0.2) is 5.82 Å². The quantitative estimate of drug-likeness (QED) is 0.160. The highest BCUT2D eigenvalue weighted by molar-refractivity contribution is 6.29. The highest BCUT2D eigenvalue weighted by atomic mass is 15.0. The molecule has 0 aliphatic heterocycles. The van der Waals surface area contributed by atoms with Crippen molar-refractivity contribution in [3.8, 4) is 56.7 Å². The second-order valence-corrected chi connectivity index (χ2v) is 19.7. The maximum Gasteiger partial charge on any atom is 0.160 e. The topological polar surface area (TPSA) is 45.5 Å². The number of nitrogens with zero attached hydrogens (tertiary/aromatic N) is 6. The van der Waals surface area contributed by atoms with Gasteiger partial charge in [0.2, 0.25) is 0 Å². The molecule has 0 saturated carbocycles. The Balaban J connectivity index is 1.12. The van der Waals surface area contributed by atoms with Crippen molar-refractivity contribution in [2.75, 3.05) is 0 Å². The van der Waals surface area contributed by atoms with Crippen molar-refractivity contribution in [1.29, 1.82) is 0 Å². The van der Waals surface area contributed by atoms with Crippen LogP contribution in [0.3, 0.4) is 0 Å². The van der Waals surface area contributed by atoms with Crippen molar-refractivity contribution in [3.63, 3.8) is 0 Å². The summed E-state index contributed by atoms with van der Waals surface area (Å²) in [5.74, 6) is 0.665. The Labute approximate surface area is 436 Å². The van der Waals surface area contributed by atoms with Crippen LogP contribution < -0.4 is 0 Å². The summed E-state index contributed by atoms with van der Waals surface area (Å²) in [6, 6.07) is 96.3. The first kappa shape index (κ1) is 42.2. The highest BCUT2D eigenvalue weighted by Crippen LogP contribution is 2.48. The van der Waals surface area contributed by atoms with Crippen LogP contribution in [0, 0.1) is 0 Å². The molecule has 0 spiro atoms. The fraction of sp³-hybridized carbons (Fsp3) is 0. The van der Waals surface area contributed by atoms with Gasteiger partial charge in [-0.25, -0.2) is 9.97 Å². The van der Waals surface area contributed by atoms with Crippen molar-refractivity contribution in [2.45, 2.75) is 0 Å². The molecule has 6 nitrogen and oxygen atoms in total. The molecule has 0 aliphatic carbocycles. The molecule has 0 bridgehead atoms. The van der Waals surface area contributed by atoms with E-state index in [2.05, 4.69) is 279 Å². The molecule has 0 aliphatic rings. The molecule has 5 aromatic heterocycles. The second kappa shape index (κ2) is 16.6. The molecule has 76 heavy (non-hydrogen) atoms. The van der Waals surface area contributed by atoms with Crippen molar-refractivity contribution in [1.82, 2.24) is 28.2 Å². The first-order chi connectivity index (χ1) is 37.7. The van der Waals surface area contributed by atoms with Crippen LogP contribution in [0.1, 0.15) is 0 Å². The van der Waals surface area contributed by atoms with E-state index in [0.29, 0.717) is 5.82 Å². The Morgan fingerprint density at radius 2 is 0.658 bits per heavy atom. The molecule has 16 aromatic rings. The minimum atomic E-state index is 0.665. The molecule has 6 heteroatoms. The van der Waals surface area contributed by atoms with Gasteiger partial charge in [-0.15, -0.1) is 0 Å². The SMILES string of the molecule is c1ccc(-c2cc(-c3cc(-n4c5ccccc5c5ccc6c(c7ccccc7n6-c6ccccc6)c54)cc4c5ccc6c(c7ccccc7n6-c6ccccc6)c5n(-c5ccccc5)c34)nc(-c3ccccc3)n2)cc1. The summed E-state index contributed by atoms with van der Waals surface area (Å²) in [7, 11) is 0. The van der Waals surface area contributed by atoms with Crippen LogP contribution in [0.2, 0.25) is 0 Å². The van der Waals surface area contributed by atoms with Crippen LogP contribution >= 0.6 is 0 Å². The Morgan fingerprint density at radius 3 is 1.21 bits per heavy atom. The van der Waals surface area contributed by atoms with Crippen molar-refractivity contribution < 1.29 is 0 Å². The lowest BCUT2D eigenvalue weighted by Crippen LogP contribution is -2.01. The highest BCUT2D eigenvalue weighted by Gasteiger charge is 2.27. The Kier molecular flexibility index (Phi) is 9.23. The third-order valence-electron chi connectivity index (χ3n) is 15.5. The van der Waals surface area contributed by atoms with E-state index in [1.165, 1.54) is 32.3 Å². The molecule has 0 amide bonds. The summed E-state index contributed by atoms with van der Waals surface area (Å²) in [6.07, 6.45) is 0. The lowest BCUT2D eigenvalue weighted by atomic mass is 10.0. The molecule has 0 fully saturated rings. The average Bonchev–Trinajstić information content (AvgIpc) is 4.36. The number of hydrogen-bond acceptors (Lipinski definition) is 2. The Hall–Kier alpha value is -10.3. The standard InChI is InChI=1S/C70H44N6/c1-6-22-45(23-7-1)58-44-59(72-70(71-58)46-24-8-2-9-25-46)57-43-50(75-60-35-19-16-32-51(60)52-38-40-63-65(68(52)75)54-33-17-20-36-61(54)73(63)47-26-10-3-11-27-47)42-56-53-39-41-64-66(69(53)76(67(56)57)49-30-14-5-15-31-49)55-34-18-21-37-62(55)74(64)48-28-12-4-13-29-48/h1-44H. The van der Waals surface area contributed by atoms with Gasteiger partial charge in [-0.1, -0.05) is 182 Å². The van der Waals surface area contributed by atoms with Crippen molar-refractivity contribution in [3.05, 3.63) is 267 Å². The van der Waals surface area contributed by atoms with E-state index >= 15 is 0 Å². The van der Waals surface area contributed by atoms with Gasteiger partial charge in [-0.2, -0.15) is 0 Å². The normalized spacial score (nSPS) is 11.9. The smallest absolute Gasteiger partial charge is 0.160 e. The summed E-state index contributed by atoms with van der Waals surface area (Å²) >= 11 is 0. The Morgan fingerprint density at radius 1 is 0.237 bits per heavy atom. The number of aromatic nitrogens is 6. The summed E-state index contributed by atoms with van der Waals surface area (Å²) in [6.45, 7) is 0. The van der Waals surface area contributed by atoms with E-state index in [0.717, 1.165) is 106 Å². The van der Waals surface area contributed by atoms with Gasteiger partial charge in [0, 0.05) is 82.5 Å². The number of hydrogen-bond donors (Lipinski definition) is 0. The Bertz CT molecular complexity index is 4890. The van der Waals surface area contributed by atoms with Gasteiger partial charge >= 0.3 is 0 Å². The van der Waals surface area contributed by atoms with E-state index in [-0.39, 0.29) is 0 Å². The van der Waals surface area contributed by atoms with Crippen molar-refractivity contribution >= 4 is 87.2 Å². The third-order valence-corrected chi connectivity index (χ3v) is 15.5. The first-order valence-electron chi connectivity index (χ1n) is 25.9. The fourth-order valence-corrected chi connectivity index (χ4v) is 12.4. The lowest BCUT2D eigenvalue weighted by molar-refractivity contribution is 1.15. The zero-order chi connectivity index (χ0) is 49.8. The number of fused-ring (bicyclic) bond motifs is 14. The minimum absolute atomic E-state index is 0.665. The first-order valence-corrected chi connectivity index (χ1v) is 25.9. The van der Waals surface area contributed by atoms with Crippen LogP contribution in [-0.2, 0) is 0 Å². The van der Waals surface area contributed by atoms with E-state index < -0.39 is 0 Å². The van der Waals surface area contributed by atoms with Crippen molar-refractivity contribution in [2.24, 2.45) is 0 Å². The monoisotopic (exact) mass is 968 g/mol. The van der Waals surface area contributed by atoms with Crippen LogP contribution in [0.25, 0.3) is 144 Å². The molecular formula is C70H44N6. The molecule has 0 atom stereocenters. The molecule has 354 valence electrons. The largest absolute Gasteiger partial charge is 0.309 e. The fourth-order valence-electron chi connectivity index (χ4n) is 12.4. The molecule has 0 N–H and O–H groups in total. The maximum atomic E-state index is 5.64. The number of benzene rings is 11. The van der Waals surface area contributed by atoms with Gasteiger partial charge in [0.1, 0.15) is 0 Å². The zero-order valence-electron chi connectivity index (χ0n) is 41.1. The van der Waals surface area contributed by atoms with Crippen LogP contribution in [0.15, 0.2) is 267 Å². The summed E-state index contributed by atoms with van der Waals surface area (Å²) in [5, 5.41) is 9.45. The molecule has 0 saturated heterocycles. The van der Waals surface area contributed by atoms with Crippen LogP contribution in [0.4, 0.5) is 0 Å². The number of para-hydroxylation sites is 6. The molecule has 16 rings (SSSR count). The van der Waals surface area contributed by atoms with E-state index in [9.17, 15) is 0 Å². The van der Waals surface area contributed by atoms with Gasteiger partial charge in [-0.05, 0) is 84.9 Å². The van der Waals surface area contributed by atoms with E-state index in [1.54, 1.807) is 0 Å². The zero-order valence-corrected chi connectivity index (χ0v) is 41.1. The predicted molar refractivity (Wildman–Crippen MR) is 316 cm³/mol. The molecule has 0 radical (unpaired) electrons. The maximum absolute atomic E-state index is 5.64. The van der Waals surface area contributed by atoms with Crippen LogP contribution in [0.5, 0.6) is 0 Å². The van der Waals surface area contributed by atoms with Gasteiger partial charge < -0.3 is 18.3 Å². The average molecular weight is 969 g/mol. The molecule has 11 aromatic carbocycles. The van der Waals surface area contributed by atoms with Gasteiger partial charge in [0.05, 0.1) is 55.5 Å². The second-order valence-electron chi connectivity index (χ2n) is 19.7. The summed E-state index contributed by atoms with van der Waals surface area (Å²) in [4.78, 5) is 11.0. The van der Waals surface area contributed by atoms with E-state index in [1.807, 2.05) is 6.07 Å². The third kappa shape index (κ3) is 6.22.